The molecule has 0 unspecified atom stereocenters. The summed E-state index contributed by atoms with van der Waals surface area (Å²) in [4.78, 5) is 14.9. The van der Waals surface area contributed by atoms with Gasteiger partial charge in [0.2, 0.25) is 11.7 Å². The van der Waals surface area contributed by atoms with E-state index in [1.54, 1.807) is 17.8 Å². The Morgan fingerprint density at radius 1 is 1.52 bits per heavy atom. The van der Waals surface area contributed by atoms with Crippen molar-refractivity contribution in [3.05, 3.63) is 33.7 Å². The molecule has 0 radical (unpaired) electrons. The lowest BCUT2D eigenvalue weighted by atomic mass is 10.3. The highest BCUT2D eigenvalue weighted by atomic mass is 16.6. The summed E-state index contributed by atoms with van der Waals surface area (Å²) < 4.78 is 7.10. The average Bonchev–Trinajstić information content (AvgIpc) is 3.00. The summed E-state index contributed by atoms with van der Waals surface area (Å²) in [6.45, 7) is 7.71. The number of hydrogen-bond donors (Lipinski definition) is 1. The molecule has 2 rings (SSSR count). The second-order valence-corrected chi connectivity index (χ2v) is 5.01. The molecule has 2 heterocycles. The zero-order valence-corrected chi connectivity index (χ0v) is 12.6. The van der Waals surface area contributed by atoms with Crippen LogP contribution in [0.2, 0.25) is 0 Å². The summed E-state index contributed by atoms with van der Waals surface area (Å²) in [5, 5.41) is 18.5. The van der Waals surface area contributed by atoms with Crippen LogP contribution in [0.25, 0.3) is 0 Å². The molecular weight excluding hydrogens is 274 g/mol. The second-order valence-electron chi connectivity index (χ2n) is 5.01. The highest BCUT2D eigenvalue weighted by molar-refractivity contribution is 5.59. The molecule has 0 aliphatic carbocycles. The Balaban J connectivity index is 2.27. The van der Waals surface area contributed by atoms with E-state index >= 15 is 0 Å². The molecule has 0 bridgehead atoms. The number of aryl methyl sites for hydroxylation is 2. The summed E-state index contributed by atoms with van der Waals surface area (Å²) in [5.74, 6) is 1.66. The van der Waals surface area contributed by atoms with Crippen molar-refractivity contribution in [2.75, 3.05) is 5.32 Å². The van der Waals surface area contributed by atoms with E-state index in [0.29, 0.717) is 17.4 Å². The van der Waals surface area contributed by atoms with Crippen LogP contribution in [-0.2, 0) is 13.0 Å². The minimum atomic E-state index is -0.420. The molecule has 1 N–H and O–H groups in total. The number of hydrogen-bond acceptors (Lipinski definition) is 6. The highest BCUT2D eigenvalue weighted by Crippen LogP contribution is 2.30. The number of oxazole rings is 1. The third kappa shape index (κ3) is 3.04. The molecule has 8 heteroatoms. The van der Waals surface area contributed by atoms with Gasteiger partial charge >= 0.3 is 5.69 Å². The smallest absolute Gasteiger partial charge is 0.333 e. The Bertz CT molecular complexity index is 644. The summed E-state index contributed by atoms with van der Waals surface area (Å²) in [7, 11) is 0. The lowest BCUT2D eigenvalue weighted by Gasteiger charge is -2.10. The third-order valence-corrected chi connectivity index (χ3v) is 3.08. The molecule has 0 aliphatic heterocycles. The molecule has 0 fully saturated rings. The Hall–Kier alpha value is -2.38. The van der Waals surface area contributed by atoms with E-state index in [4.69, 9.17) is 4.42 Å². The molecule has 0 aliphatic rings. The van der Waals surface area contributed by atoms with Crippen molar-refractivity contribution in [1.82, 2.24) is 14.8 Å². The molecule has 0 aromatic carbocycles. The van der Waals surface area contributed by atoms with Crippen LogP contribution in [0.4, 0.5) is 11.5 Å². The lowest BCUT2D eigenvalue weighted by Crippen LogP contribution is -2.11. The normalized spacial score (nSPS) is 11.1. The van der Waals surface area contributed by atoms with Gasteiger partial charge in [-0.2, -0.15) is 5.10 Å². The van der Waals surface area contributed by atoms with Crippen LogP contribution in [0.3, 0.4) is 0 Å². The number of anilines is 1. The van der Waals surface area contributed by atoms with Crippen LogP contribution in [0.5, 0.6) is 0 Å². The van der Waals surface area contributed by atoms with Crippen LogP contribution in [0.1, 0.15) is 44.2 Å². The molecule has 0 atom stereocenters. The lowest BCUT2D eigenvalue weighted by molar-refractivity contribution is -0.384. The number of nitrogens with one attached hydrogen (secondary N) is 1. The van der Waals surface area contributed by atoms with Crippen LogP contribution in [-0.4, -0.2) is 19.7 Å². The highest BCUT2D eigenvalue weighted by Gasteiger charge is 2.26. The first-order valence-electron chi connectivity index (χ1n) is 6.85. The SMILES string of the molecule is CCc1cnc(CNc2c([N+](=O)[O-])c(C)nn2C(C)C)o1. The second kappa shape index (κ2) is 5.94. The molecule has 21 heavy (non-hydrogen) atoms. The van der Waals surface area contributed by atoms with E-state index in [1.165, 1.54) is 0 Å². The van der Waals surface area contributed by atoms with E-state index in [-0.39, 0.29) is 18.3 Å². The zero-order valence-electron chi connectivity index (χ0n) is 12.6. The van der Waals surface area contributed by atoms with E-state index < -0.39 is 4.92 Å². The van der Waals surface area contributed by atoms with Gasteiger partial charge < -0.3 is 9.73 Å². The molecule has 0 saturated heterocycles. The Morgan fingerprint density at radius 3 is 2.76 bits per heavy atom. The Morgan fingerprint density at radius 2 is 2.24 bits per heavy atom. The topological polar surface area (TPSA) is 99.0 Å². The van der Waals surface area contributed by atoms with Crippen LogP contribution < -0.4 is 5.32 Å². The fourth-order valence-electron chi connectivity index (χ4n) is 2.05. The number of nitrogens with zero attached hydrogens (tertiary/aromatic N) is 4. The van der Waals surface area contributed by atoms with Crippen molar-refractivity contribution in [3.63, 3.8) is 0 Å². The Kier molecular flexibility index (Phi) is 4.25. The van der Waals surface area contributed by atoms with E-state index in [1.807, 2.05) is 20.8 Å². The fraction of sp³-hybridized carbons (Fsp3) is 0.538. The molecule has 2 aromatic heterocycles. The molecule has 2 aromatic rings. The molecule has 114 valence electrons. The summed E-state index contributed by atoms with van der Waals surface area (Å²) in [6.07, 6.45) is 2.42. The summed E-state index contributed by atoms with van der Waals surface area (Å²) in [5.41, 5.74) is 0.379. The van der Waals surface area contributed by atoms with Gasteiger partial charge in [0.1, 0.15) is 11.5 Å². The van der Waals surface area contributed by atoms with Crippen molar-refractivity contribution in [2.24, 2.45) is 0 Å². The quantitative estimate of drug-likeness (QED) is 0.649. The van der Waals surface area contributed by atoms with Crippen molar-refractivity contribution >= 4 is 11.5 Å². The van der Waals surface area contributed by atoms with Crippen molar-refractivity contribution < 1.29 is 9.34 Å². The van der Waals surface area contributed by atoms with Gasteiger partial charge in [-0.1, -0.05) is 6.92 Å². The minimum Gasteiger partial charge on any atom is -0.444 e. The van der Waals surface area contributed by atoms with E-state index in [9.17, 15) is 10.1 Å². The molecule has 8 nitrogen and oxygen atoms in total. The molecular formula is C13H19N5O3. The first-order valence-corrected chi connectivity index (χ1v) is 6.85. The van der Waals surface area contributed by atoms with Crippen molar-refractivity contribution in [2.45, 2.75) is 46.7 Å². The fourth-order valence-corrected chi connectivity index (χ4v) is 2.05. The maximum Gasteiger partial charge on any atom is 0.333 e. The third-order valence-electron chi connectivity index (χ3n) is 3.08. The van der Waals surface area contributed by atoms with Crippen LogP contribution in [0.15, 0.2) is 10.6 Å². The van der Waals surface area contributed by atoms with Crippen molar-refractivity contribution in [3.8, 4) is 0 Å². The van der Waals surface area contributed by atoms with Gasteiger partial charge in [-0.3, -0.25) is 10.1 Å². The maximum atomic E-state index is 11.2. The van der Waals surface area contributed by atoms with Gasteiger partial charge in [-0.15, -0.1) is 0 Å². The largest absolute Gasteiger partial charge is 0.444 e. The van der Waals surface area contributed by atoms with Crippen LogP contribution >= 0.6 is 0 Å². The van der Waals surface area contributed by atoms with Crippen molar-refractivity contribution in [1.29, 1.82) is 0 Å². The number of aromatic nitrogens is 3. The molecule has 0 spiro atoms. The summed E-state index contributed by atoms with van der Waals surface area (Å²) >= 11 is 0. The van der Waals surface area contributed by atoms with Gasteiger partial charge in [-0.25, -0.2) is 9.67 Å². The predicted molar refractivity (Wildman–Crippen MR) is 77.2 cm³/mol. The summed E-state index contributed by atoms with van der Waals surface area (Å²) in [6, 6.07) is 0.00987. The first-order chi connectivity index (χ1) is 9.93. The zero-order chi connectivity index (χ0) is 15.6. The van der Waals surface area contributed by atoms with Gasteiger partial charge in [-0.05, 0) is 20.8 Å². The van der Waals surface area contributed by atoms with Gasteiger partial charge in [0.05, 0.1) is 17.7 Å². The maximum absolute atomic E-state index is 11.2. The Labute approximate surface area is 122 Å². The minimum absolute atomic E-state index is 0.00836. The predicted octanol–water partition coefficient (Wildman–Crippen LogP) is 2.84. The van der Waals surface area contributed by atoms with Crippen LogP contribution in [0, 0.1) is 17.0 Å². The first kappa shape index (κ1) is 15.0. The van der Waals surface area contributed by atoms with Gasteiger partial charge in [0.15, 0.2) is 0 Å². The van der Waals surface area contributed by atoms with E-state index in [2.05, 4.69) is 15.4 Å². The van der Waals surface area contributed by atoms with E-state index in [0.717, 1.165) is 12.2 Å². The monoisotopic (exact) mass is 293 g/mol. The standard InChI is InChI=1S/C13H19N5O3/c1-5-10-6-14-11(21-10)7-15-13-12(18(19)20)9(4)16-17(13)8(2)3/h6,8,15H,5,7H2,1-4H3. The number of rotatable bonds is 6. The number of nitro groups is 1. The molecule has 0 saturated carbocycles. The molecule has 0 amide bonds. The van der Waals surface area contributed by atoms with Gasteiger partial charge in [0.25, 0.3) is 0 Å². The van der Waals surface area contributed by atoms with Gasteiger partial charge in [0, 0.05) is 12.5 Å². The average molecular weight is 293 g/mol.